The average molecular weight is 320 g/mol. The number of aliphatic carboxylic acids is 1. The Morgan fingerprint density at radius 3 is 2.52 bits per heavy atom. The van der Waals surface area contributed by atoms with Crippen LogP contribution in [0.3, 0.4) is 0 Å². The summed E-state index contributed by atoms with van der Waals surface area (Å²) in [7, 11) is 0. The van der Waals surface area contributed by atoms with Crippen LogP contribution in [0.5, 0.6) is 0 Å². The lowest BCUT2D eigenvalue weighted by Gasteiger charge is -2.63. The van der Waals surface area contributed by atoms with E-state index in [0.717, 1.165) is 25.2 Å². The van der Waals surface area contributed by atoms with Gasteiger partial charge in [-0.05, 0) is 92.8 Å². The van der Waals surface area contributed by atoms with Crippen molar-refractivity contribution in [2.45, 2.75) is 71.6 Å². The summed E-state index contributed by atoms with van der Waals surface area (Å²) in [4.78, 5) is 12.1. The van der Waals surface area contributed by atoms with Gasteiger partial charge in [-0.25, -0.2) is 0 Å². The summed E-state index contributed by atoms with van der Waals surface area (Å²) in [5.41, 5.74) is 0.0811. The van der Waals surface area contributed by atoms with E-state index < -0.39 is 11.4 Å². The second-order valence-corrected chi connectivity index (χ2v) is 9.78. The lowest BCUT2D eigenvalue weighted by molar-refractivity contribution is -0.181. The van der Waals surface area contributed by atoms with Gasteiger partial charge in [0.25, 0.3) is 0 Å². The average Bonchev–Trinajstić information content (AvgIpc) is 2.77. The van der Waals surface area contributed by atoms with Gasteiger partial charge in [-0.2, -0.15) is 0 Å². The highest BCUT2D eigenvalue weighted by Gasteiger charge is 2.65. The highest BCUT2D eigenvalue weighted by molar-refractivity contribution is 5.75. The SMILES string of the molecule is C[C@@]12CCC[C@@](C)(C(=O)O)[C@@H]1CC[C@@]13C[C@@H](CC[C@H]12)[C@@H](CO)C3. The van der Waals surface area contributed by atoms with Gasteiger partial charge in [0, 0.05) is 6.61 Å². The van der Waals surface area contributed by atoms with Crippen molar-refractivity contribution in [1.82, 2.24) is 0 Å². The Hall–Kier alpha value is -0.570. The molecule has 1 spiro atoms. The van der Waals surface area contributed by atoms with Crippen LogP contribution in [-0.4, -0.2) is 22.8 Å². The molecule has 0 unspecified atom stereocenters. The maximum Gasteiger partial charge on any atom is 0.309 e. The summed E-state index contributed by atoms with van der Waals surface area (Å²) in [5.74, 6) is 1.68. The number of fused-ring (bicyclic) bond motifs is 3. The number of carboxylic acids is 1. The molecule has 3 nitrogen and oxygen atoms in total. The molecule has 0 aliphatic heterocycles. The number of carbonyl (C=O) groups is 1. The fraction of sp³-hybridized carbons (Fsp3) is 0.950. The van der Waals surface area contributed by atoms with Crippen molar-refractivity contribution in [2.75, 3.05) is 6.61 Å². The Labute approximate surface area is 139 Å². The second kappa shape index (κ2) is 4.97. The highest BCUT2D eigenvalue weighted by atomic mass is 16.4. The molecule has 4 aliphatic carbocycles. The lowest BCUT2D eigenvalue weighted by Crippen LogP contribution is -2.58. The fourth-order valence-corrected chi connectivity index (χ4v) is 8.06. The predicted molar refractivity (Wildman–Crippen MR) is 88.9 cm³/mol. The monoisotopic (exact) mass is 320 g/mol. The quantitative estimate of drug-likeness (QED) is 0.805. The first-order valence-corrected chi connectivity index (χ1v) is 9.70. The minimum Gasteiger partial charge on any atom is -0.481 e. The summed E-state index contributed by atoms with van der Waals surface area (Å²) in [6.07, 6.45) is 10.4. The van der Waals surface area contributed by atoms with E-state index in [1.54, 1.807) is 0 Å². The predicted octanol–water partition coefficient (Wildman–Crippen LogP) is 4.09. The second-order valence-electron chi connectivity index (χ2n) is 9.78. The number of aliphatic hydroxyl groups is 1. The topological polar surface area (TPSA) is 57.5 Å². The van der Waals surface area contributed by atoms with Crippen LogP contribution in [-0.2, 0) is 4.79 Å². The highest BCUT2D eigenvalue weighted by Crippen LogP contribution is 2.72. The van der Waals surface area contributed by atoms with E-state index in [1.807, 2.05) is 6.92 Å². The lowest BCUT2D eigenvalue weighted by atomic mass is 9.41. The van der Waals surface area contributed by atoms with Crippen molar-refractivity contribution in [3.63, 3.8) is 0 Å². The Morgan fingerprint density at radius 2 is 1.83 bits per heavy atom. The summed E-state index contributed by atoms with van der Waals surface area (Å²) >= 11 is 0. The standard InChI is InChI=1S/C20H32O3/c1-18-7-3-8-19(2,17(22)23)15(18)6-9-20-10-13(4-5-16(18)20)14(11-20)12-21/h13-16,21H,3-12H2,1-2H3,(H,22,23)/t13-,14-,15-,16+,18-,19-,20+/m1/s1. The van der Waals surface area contributed by atoms with E-state index >= 15 is 0 Å². The minimum atomic E-state index is -0.572. The molecule has 7 atom stereocenters. The summed E-state index contributed by atoms with van der Waals surface area (Å²) in [5, 5.41) is 19.7. The van der Waals surface area contributed by atoms with Crippen LogP contribution in [0.2, 0.25) is 0 Å². The molecule has 0 saturated heterocycles. The van der Waals surface area contributed by atoms with Crippen LogP contribution in [0, 0.1) is 39.9 Å². The van der Waals surface area contributed by atoms with Crippen molar-refractivity contribution < 1.29 is 15.0 Å². The zero-order chi connectivity index (χ0) is 16.5. The van der Waals surface area contributed by atoms with E-state index in [2.05, 4.69) is 6.92 Å². The van der Waals surface area contributed by atoms with Crippen LogP contribution in [0.4, 0.5) is 0 Å². The van der Waals surface area contributed by atoms with Crippen molar-refractivity contribution in [2.24, 2.45) is 39.9 Å². The molecule has 3 heteroatoms. The molecule has 0 aromatic carbocycles. The van der Waals surface area contributed by atoms with E-state index in [1.165, 1.54) is 38.5 Å². The molecule has 0 amide bonds. The normalized spacial score (nSPS) is 55.1. The first-order valence-electron chi connectivity index (χ1n) is 9.70. The minimum absolute atomic E-state index is 0.193. The molecule has 0 aromatic rings. The molecule has 4 aliphatic rings. The van der Waals surface area contributed by atoms with Crippen molar-refractivity contribution in [3.8, 4) is 0 Å². The van der Waals surface area contributed by atoms with E-state index in [0.29, 0.717) is 29.8 Å². The van der Waals surface area contributed by atoms with Gasteiger partial charge in [0.15, 0.2) is 0 Å². The van der Waals surface area contributed by atoms with Crippen LogP contribution < -0.4 is 0 Å². The largest absolute Gasteiger partial charge is 0.481 e. The van der Waals surface area contributed by atoms with Gasteiger partial charge >= 0.3 is 5.97 Å². The molecule has 130 valence electrons. The number of rotatable bonds is 2. The third-order valence-corrected chi connectivity index (χ3v) is 9.00. The number of hydrogen-bond donors (Lipinski definition) is 2. The van der Waals surface area contributed by atoms with E-state index in [4.69, 9.17) is 0 Å². The van der Waals surface area contributed by atoms with Gasteiger partial charge in [0.05, 0.1) is 5.41 Å². The van der Waals surface area contributed by atoms with Gasteiger partial charge in [0.1, 0.15) is 0 Å². The third kappa shape index (κ3) is 1.95. The molecule has 4 rings (SSSR count). The van der Waals surface area contributed by atoms with E-state index in [-0.39, 0.29) is 5.41 Å². The van der Waals surface area contributed by atoms with Crippen molar-refractivity contribution in [1.29, 1.82) is 0 Å². The third-order valence-electron chi connectivity index (χ3n) is 9.00. The van der Waals surface area contributed by atoms with Crippen LogP contribution in [0.1, 0.15) is 71.6 Å². The number of carboxylic acid groups (broad SMARTS) is 1. The first-order chi connectivity index (χ1) is 10.9. The van der Waals surface area contributed by atoms with Crippen LogP contribution in [0.25, 0.3) is 0 Å². The summed E-state index contributed by atoms with van der Waals surface area (Å²) < 4.78 is 0. The molecule has 0 heterocycles. The smallest absolute Gasteiger partial charge is 0.309 e. The summed E-state index contributed by atoms with van der Waals surface area (Å²) in [6, 6.07) is 0. The van der Waals surface area contributed by atoms with Crippen LogP contribution >= 0.6 is 0 Å². The number of hydrogen-bond acceptors (Lipinski definition) is 2. The van der Waals surface area contributed by atoms with Crippen molar-refractivity contribution >= 4 is 5.97 Å². The van der Waals surface area contributed by atoms with Gasteiger partial charge < -0.3 is 10.2 Å². The summed E-state index contributed by atoms with van der Waals surface area (Å²) in [6.45, 7) is 4.80. The van der Waals surface area contributed by atoms with Gasteiger partial charge in [0.2, 0.25) is 0 Å². The number of aliphatic hydroxyl groups excluding tert-OH is 1. The molecular formula is C20H32O3. The Morgan fingerprint density at radius 1 is 1.04 bits per heavy atom. The molecule has 23 heavy (non-hydrogen) atoms. The van der Waals surface area contributed by atoms with Gasteiger partial charge in [-0.1, -0.05) is 13.3 Å². The zero-order valence-electron chi connectivity index (χ0n) is 14.7. The van der Waals surface area contributed by atoms with Crippen molar-refractivity contribution in [3.05, 3.63) is 0 Å². The molecule has 0 radical (unpaired) electrons. The van der Waals surface area contributed by atoms with E-state index in [9.17, 15) is 15.0 Å². The molecular weight excluding hydrogens is 288 g/mol. The Balaban J connectivity index is 1.71. The Kier molecular flexibility index (Phi) is 3.44. The Bertz CT molecular complexity index is 517. The fourth-order valence-electron chi connectivity index (χ4n) is 8.06. The molecule has 4 saturated carbocycles. The van der Waals surface area contributed by atoms with Gasteiger partial charge in [-0.3, -0.25) is 4.79 Å². The molecule has 2 N–H and O–H groups in total. The molecule has 4 fully saturated rings. The van der Waals surface area contributed by atoms with Gasteiger partial charge in [-0.15, -0.1) is 0 Å². The molecule has 0 aromatic heterocycles. The first kappa shape index (κ1) is 15.9. The van der Waals surface area contributed by atoms with Crippen LogP contribution in [0.15, 0.2) is 0 Å². The maximum absolute atomic E-state index is 12.1. The zero-order valence-corrected chi connectivity index (χ0v) is 14.7. The maximum atomic E-state index is 12.1. The molecule has 2 bridgehead atoms.